The summed E-state index contributed by atoms with van der Waals surface area (Å²) in [5, 5.41) is 9.86. The lowest BCUT2D eigenvalue weighted by Gasteiger charge is -2.41. The first-order valence-corrected chi connectivity index (χ1v) is 12.0. The zero-order chi connectivity index (χ0) is 23.7. The van der Waals surface area contributed by atoms with Gasteiger partial charge in [0.1, 0.15) is 5.56 Å². The molecule has 0 unspecified atom stereocenters. The SMILES string of the molecule is CCOC(=O)c1cn([C@@H](C(C)C)C(C)(C)O[SiH2]C(C)(C)C)c2nc(O)c(Cl)nc2c1=O. The molecule has 2 aromatic rings. The van der Waals surface area contributed by atoms with Crippen molar-refractivity contribution >= 4 is 38.5 Å². The van der Waals surface area contributed by atoms with Gasteiger partial charge in [-0.25, -0.2) is 9.78 Å². The molecule has 2 rings (SSSR count). The smallest absolute Gasteiger partial charge is 0.343 e. The number of rotatable bonds is 7. The molecular weight excluding hydrogens is 438 g/mol. The molecule has 0 aromatic carbocycles. The Bertz CT molecular complexity index is 1030. The van der Waals surface area contributed by atoms with Gasteiger partial charge >= 0.3 is 5.97 Å². The quantitative estimate of drug-likeness (QED) is 0.487. The van der Waals surface area contributed by atoms with E-state index in [0.29, 0.717) is 0 Å². The Morgan fingerprint density at radius 3 is 2.39 bits per heavy atom. The van der Waals surface area contributed by atoms with Gasteiger partial charge in [0.25, 0.3) is 5.88 Å². The molecule has 0 saturated carbocycles. The van der Waals surface area contributed by atoms with Crippen LogP contribution < -0.4 is 5.43 Å². The maximum Gasteiger partial charge on any atom is 0.343 e. The summed E-state index contributed by atoms with van der Waals surface area (Å²) >= 11 is 5.93. The Hall–Kier alpha value is -1.97. The second kappa shape index (κ2) is 9.26. The number of fused-ring (bicyclic) bond motifs is 1. The van der Waals surface area contributed by atoms with Crippen LogP contribution in [0, 0.1) is 5.92 Å². The van der Waals surface area contributed by atoms with Gasteiger partial charge in [0, 0.05) is 6.20 Å². The normalized spacial score (nSPS) is 14.0. The van der Waals surface area contributed by atoms with Crippen LogP contribution >= 0.6 is 11.6 Å². The topological polar surface area (TPSA) is 104 Å². The fraction of sp³-hybridized carbons (Fsp3) is 0.619. The number of pyridine rings is 1. The van der Waals surface area contributed by atoms with E-state index in [4.69, 9.17) is 20.8 Å². The monoisotopic (exact) mass is 469 g/mol. The summed E-state index contributed by atoms with van der Waals surface area (Å²) in [5.41, 5.74) is -1.45. The summed E-state index contributed by atoms with van der Waals surface area (Å²) in [6, 6.07) is -0.325. The maximum atomic E-state index is 13.0. The lowest BCUT2D eigenvalue weighted by Crippen LogP contribution is -2.42. The van der Waals surface area contributed by atoms with Crippen LogP contribution in [-0.2, 0) is 9.16 Å². The van der Waals surface area contributed by atoms with Gasteiger partial charge in [-0.1, -0.05) is 46.2 Å². The van der Waals surface area contributed by atoms with E-state index in [1.165, 1.54) is 6.20 Å². The van der Waals surface area contributed by atoms with Crippen molar-refractivity contribution in [2.24, 2.45) is 5.92 Å². The molecule has 172 valence electrons. The molecule has 0 radical (unpaired) electrons. The predicted octanol–water partition coefficient (Wildman–Crippen LogP) is 3.62. The fourth-order valence-electron chi connectivity index (χ4n) is 3.63. The Balaban J connectivity index is 2.82. The van der Waals surface area contributed by atoms with E-state index in [-0.39, 0.29) is 45.5 Å². The average Bonchev–Trinajstić information content (AvgIpc) is 2.63. The van der Waals surface area contributed by atoms with Crippen LogP contribution in [0.5, 0.6) is 5.88 Å². The summed E-state index contributed by atoms with van der Waals surface area (Å²) < 4.78 is 13.2. The van der Waals surface area contributed by atoms with E-state index >= 15 is 0 Å². The highest BCUT2D eigenvalue weighted by Crippen LogP contribution is 2.37. The molecule has 0 spiro atoms. The van der Waals surface area contributed by atoms with E-state index in [1.807, 2.05) is 27.7 Å². The summed E-state index contributed by atoms with van der Waals surface area (Å²) in [5.74, 6) is -1.21. The van der Waals surface area contributed by atoms with Crippen molar-refractivity contribution in [2.45, 2.75) is 72.1 Å². The van der Waals surface area contributed by atoms with E-state index < -0.39 is 32.6 Å². The molecule has 1 atom stereocenters. The number of carbonyl (C=O) groups excluding carboxylic acids is 1. The first-order chi connectivity index (χ1) is 14.2. The lowest BCUT2D eigenvalue weighted by atomic mass is 9.88. The van der Waals surface area contributed by atoms with E-state index in [2.05, 4.69) is 30.7 Å². The standard InChI is InChI=1S/C21H32ClN3O5Si/c1-9-29-19(28)12-10-25(17-13(14(12)26)23-16(22)18(27)24-17)15(11(2)3)21(7,8)30-31-20(4,5)6/h10-11,15H,9,31H2,1-8H3,(H,24,27)/t15-/m0/s1. The van der Waals surface area contributed by atoms with Gasteiger partial charge in [-0.3, -0.25) is 4.79 Å². The highest BCUT2D eigenvalue weighted by Gasteiger charge is 2.37. The molecular formula is C21H32ClN3O5Si. The zero-order valence-electron chi connectivity index (χ0n) is 19.4. The molecule has 31 heavy (non-hydrogen) atoms. The number of nitrogens with zero attached hydrogens (tertiary/aromatic N) is 3. The van der Waals surface area contributed by atoms with Crippen molar-refractivity contribution in [3.05, 3.63) is 27.1 Å². The molecule has 0 bridgehead atoms. The summed E-state index contributed by atoms with van der Waals surface area (Å²) in [6.45, 7) is 16.2. The Kier molecular flexibility index (Phi) is 7.55. The third kappa shape index (κ3) is 5.64. The van der Waals surface area contributed by atoms with Gasteiger partial charge < -0.3 is 18.8 Å². The van der Waals surface area contributed by atoms with Crippen molar-refractivity contribution in [1.82, 2.24) is 14.5 Å². The maximum absolute atomic E-state index is 13.0. The van der Waals surface area contributed by atoms with Crippen LogP contribution in [-0.4, -0.2) is 47.6 Å². The van der Waals surface area contributed by atoms with Crippen LogP contribution in [0.1, 0.15) is 71.8 Å². The van der Waals surface area contributed by atoms with E-state index in [1.54, 1.807) is 11.5 Å². The van der Waals surface area contributed by atoms with Crippen molar-refractivity contribution in [3.8, 4) is 5.88 Å². The molecule has 0 amide bonds. The number of esters is 1. The fourth-order valence-corrected chi connectivity index (χ4v) is 4.73. The first kappa shape index (κ1) is 25.3. The Labute approximate surface area is 189 Å². The zero-order valence-corrected chi connectivity index (χ0v) is 21.6. The van der Waals surface area contributed by atoms with Gasteiger partial charge in [0.05, 0.1) is 18.2 Å². The van der Waals surface area contributed by atoms with Crippen LogP contribution in [0.3, 0.4) is 0 Å². The van der Waals surface area contributed by atoms with Crippen molar-refractivity contribution in [2.75, 3.05) is 6.61 Å². The van der Waals surface area contributed by atoms with Crippen LogP contribution in [0.15, 0.2) is 11.0 Å². The third-order valence-corrected chi connectivity index (χ3v) is 6.81. The van der Waals surface area contributed by atoms with Crippen molar-refractivity contribution in [3.63, 3.8) is 0 Å². The molecule has 2 aromatic heterocycles. The number of aromatic hydroxyl groups is 1. The minimum Gasteiger partial charge on any atom is -0.491 e. The van der Waals surface area contributed by atoms with E-state index in [9.17, 15) is 14.7 Å². The van der Waals surface area contributed by atoms with Crippen LogP contribution in [0.25, 0.3) is 11.2 Å². The highest BCUT2D eigenvalue weighted by molar-refractivity contribution is 6.32. The third-order valence-electron chi connectivity index (χ3n) is 4.81. The average molecular weight is 470 g/mol. The molecule has 8 nitrogen and oxygen atoms in total. The van der Waals surface area contributed by atoms with Gasteiger partial charge in [0.2, 0.25) is 5.43 Å². The first-order valence-electron chi connectivity index (χ1n) is 10.3. The molecule has 0 fully saturated rings. The molecule has 0 aliphatic carbocycles. The number of carbonyl (C=O) groups is 1. The number of hydrogen-bond acceptors (Lipinski definition) is 7. The second-order valence-corrected chi connectivity index (χ2v) is 12.7. The minimum atomic E-state index is -0.914. The second-order valence-electron chi connectivity index (χ2n) is 9.65. The molecule has 0 aliphatic heterocycles. The van der Waals surface area contributed by atoms with Crippen molar-refractivity contribution in [1.29, 1.82) is 0 Å². The summed E-state index contributed by atoms with van der Waals surface area (Å²) in [4.78, 5) is 33.7. The van der Waals surface area contributed by atoms with E-state index in [0.717, 1.165) is 0 Å². The minimum absolute atomic E-state index is 0.0318. The molecule has 0 saturated heterocycles. The number of aromatic nitrogens is 3. The van der Waals surface area contributed by atoms with Gasteiger partial charge in [-0.05, 0) is 31.7 Å². The number of ether oxygens (including phenoxy) is 1. The molecule has 2 heterocycles. The predicted molar refractivity (Wildman–Crippen MR) is 124 cm³/mol. The van der Waals surface area contributed by atoms with Crippen LogP contribution in [0.2, 0.25) is 10.2 Å². The molecule has 1 N–H and O–H groups in total. The largest absolute Gasteiger partial charge is 0.491 e. The lowest BCUT2D eigenvalue weighted by molar-refractivity contribution is 0.0284. The Morgan fingerprint density at radius 2 is 1.87 bits per heavy atom. The van der Waals surface area contributed by atoms with Crippen molar-refractivity contribution < 1.29 is 19.1 Å². The van der Waals surface area contributed by atoms with Gasteiger partial charge in [-0.15, -0.1) is 0 Å². The molecule has 0 aliphatic rings. The van der Waals surface area contributed by atoms with Gasteiger partial charge in [0.15, 0.2) is 26.1 Å². The van der Waals surface area contributed by atoms with Crippen LogP contribution in [0.4, 0.5) is 0 Å². The summed E-state index contributed by atoms with van der Waals surface area (Å²) in [6.07, 6.45) is 1.43. The number of hydrogen-bond donors (Lipinski definition) is 1. The highest BCUT2D eigenvalue weighted by atomic mass is 35.5. The van der Waals surface area contributed by atoms with Gasteiger partial charge in [-0.2, -0.15) is 4.98 Å². The summed E-state index contributed by atoms with van der Waals surface area (Å²) in [7, 11) is -0.914. The molecule has 10 heteroatoms. The number of halogens is 1. The Morgan fingerprint density at radius 1 is 1.26 bits per heavy atom.